The second kappa shape index (κ2) is 7.57. The van der Waals surface area contributed by atoms with E-state index in [-0.39, 0.29) is 16.4 Å². The molecule has 2 N–H and O–H groups in total. The van der Waals surface area contributed by atoms with Gasteiger partial charge in [-0.1, -0.05) is 24.3 Å². The van der Waals surface area contributed by atoms with Crippen molar-refractivity contribution in [3.05, 3.63) is 88.0 Å². The summed E-state index contributed by atoms with van der Waals surface area (Å²) >= 11 is 0. The first-order valence-corrected chi connectivity index (χ1v) is 8.06. The average Bonchev–Trinajstić information content (AvgIpc) is 2.62. The zero-order chi connectivity index (χ0) is 18.5. The van der Waals surface area contributed by atoms with Crippen LogP contribution in [0, 0.1) is 17.0 Å². The van der Waals surface area contributed by atoms with E-state index in [9.17, 15) is 15.2 Å². The second-order valence-corrected chi connectivity index (χ2v) is 5.80. The molecular formula is C20H18N2O4. The second-order valence-electron chi connectivity index (χ2n) is 5.80. The summed E-state index contributed by atoms with van der Waals surface area (Å²) in [6.07, 6.45) is 0. The number of aromatic hydroxyl groups is 1. The standard InChI is InChI=1S/C20H18N2O4/c1-14-19(6-3-7-20(14)22(24)25)21-13-15-8-10-17(11-9-15)26-18-5-2-4-16(23)12-18/h2-12,21,23H,13H2,1H3. The average molecular weight is 350 g/mol. The number of nitrogens with zero attached hydrogens (tertiary/aromatic N) is 1. The van der Waals surface area contributed by atoms with Gasteiger partial charge in [0.05, 0.1) is 4.92 Å². The highest BCUT2D eigenvalue weighted by atomic mass is 16.6. The highest BCUT2D eigenvalue weighted by molar-refractivity contribution is 5.59. The molecule has 3 aromatic rings. The summed E-state index contributed by atoms with van der Waals surface area (Å²) in [4.78, 5) is 10.6. The molecule has 0 amide bonds. The van der Waals surface area contributed by atoms with Gasteiger partial charge in [-0.15, -0.1) is 0 Å². The van der Waals surface area contributed by atoms with Crippen molar-refractivity contribution in [1.29, 1.82) is 0 Å². The van der Waals surface area contributed by atoms with Gasteiger partial charge in [-0.05, 0) is 42.8 Å². The van der Waals surface area contributed by atoms with Gasteiger partial charge in [-0.25, -0.2) is 0 Å². The predicted octanol–water partition coefficient (Wildman–Crippen LogP) is 5.01. The number of anilines is 1. The van der Waals surface area contributed by atoms with E-state index in [1.54, 1.807) is 37.3 Å². The molecule has 0 bridgehead atoms. The smallest absolute Gasteiger partial charge is 0.274 e. The highest BCUT2D eigenvalue weighted by Gasteiger charge is 2.12. The van der Waals surface area contributed by atoms with Crippen LogP contribution in [0.2, 0.25) is 0 Å². The number of phenols is 1. The molecule has 132 valence electrons. The molecule has 3 rings (SSSR count). The molecule has 0 spiro atoms. The summed E-state index contributed by atoms with van der Waals surface area (Å²) in [6, 6.07) is 19.1. The molecule has 0 atom stereocenters. The van der Waals surface area contributed by atoms with Crippen LogP contribution in [0.5, 0.6) is 17.2 Å². The number of nitro groups is 1. The number of nitrogens with one attached hydrogen (secondary N) is 1. The maximum atomic E-state index is 11.0. The first kappa shape index (κ1) is 17.3. The quantitative estimate of drug-likeness (QED) is 0.482. The van der Waals surface area contributed by atoms with E-state index >= 15 is 0 Å². The van der Waals surface area contributed by atoms with Crippen LogP contribution in [0.3, 0.4) is 0 Å². The van der Waals surface area contributed by atoms with Crippen molar-refractivity contribution in [2.45, 2.75) is 13.5 Å². The maximum Gasteiger partial charge on any atom is 0.274 e. The first-order chi connectivity index (χ1) is 12.5. The summed E-state index contributed by atoms with van der Waals surface area (Å²) in [7, 11) is 0. The molecule has 0 aliphatic rings. The largest absolute Gasteiger partial charge is 0.508 e. The van der Waals surface area contributed by atoms with Gasteiger partial charge in [-0.3, -0.25) is 10.1 Å². The number of nitro benzene ring substituents is 1. The van der Waals surface area contributed by atoms with Crippen molar-refractivity contribution in [1.82, 2.24) is 0 Å². The molecule has 0 unspecified atom stereocenters. The minimum absolute atomic E-state index is 0.102. The topological polar surface area (TPSA) is 84.6 Å². The maximum absolute atomic E-state index is 11.0. The number of benzene rings is 3. The molecule has 0 aliphatic carbocycles. The Hall–Kier alpha value is -3.54. The Bertz CT molecular complexity index is 923. The van der Waals surface area contributed by atoms with Crippen LogP contribution in [0.15, 0.2) is 66.7 Å². The van der Waals surface area contributed by atoms with Crippen LogP contribution < -0.4 is 10.1 Å². The summed E-state index contributed by atoms with van der Waals surface area (Å²) < 4.78 is 5.68. The SMILES string of the molecule is Cc1c(NCc2ccc(Oc3cccc(O)c3)cc2)cccc1[N+](=O)[O-]. The Morgan fingerprint density at radius 3 is 2.46 bits per heavy atom. The lowest BCUT2D eigenvalue weighted by Crippen LogP contribution is -2.02. The Morgan fingerprint density at radius 1 is 1.04 bits per heavy atom. The lowest BCUT2D eigenvalue weighted by Gasteiger charge is -2.11. The van der Waals surface area contributed by atoms with E-state index < -0.39 is 0 Å². The Morgan fingerprint density at radius 2 is 1.77 bits per heavy atom. The number of phenolic OH excluding ortho intramolecular Hbond substituents is 1. The Kier molecular flexibility index (Phi) is 5.03. The summed E-state index contributed by atoms with van der Waals surface area (Å²) in [5.74, 6) is 1.37. The van der Waals surface area contributed by atoms with Gasteiger partial charge in [0, 0.05) is 29.9 Å². The molecule has 0 saturated heterocycles. The predicted molar refractivity (Wildman–Crippen MR) is 99.8 cm³/mol. The van der Waals surface area contributed by atoms with Crippen LogP contribution >= 0.6 is 0 Å². The van der Waals surface area contributed by atoms with Gasteiger partial charge in [0.1, 0.15) is 17.2 Å². The third-order valence-corrected chi connectivity index (χ3v) is 3.96. The third kappa shape index (κ3) is 4.10. The van der Waals surface area contributed by atoms with Gasteiger partial charge in [-0.2, -0.15) is 0 Å². The minimum Gasteiger partial charge on any atom is -0.508 e. The van der Waals surface area contributed by atoms with Gasteiger partial charge in [0.15, 0.2) is 0 Å². The third-order valence-electron chi connectivity index (χ3n) is 3.96. The lowest BCUT2D eigenvalue weighted by atomic mass is 10.1. The fourth-order valence-corrected chi connectivity index (χ4v) is 2.57. The fraction of sp³-hybridized carbons (Fsp3) is 0.100. The van der Waals surface area contributed by atoms with E-state index in [0.29, 0.717) is 23.6 Å². The Balaban J connectivity index is 1.65. The number of hydrogen-bond donors (Lipinski definition) is 2. The van der Waals surface area contributed by atoms with Crippen LogP contribution in [0.1, 0.15) is 11.1 Å². The Labute approximate surface area is 150 Å². The molecule has 0 radical (unpaired) electrons. The molecule has 0 aromatic heterocycles. The number of ether oxygens (including phenoxy) is 1. The number of rotatable bonds is 6. The molecule has 26 heavy (non-hydrogen) atoms. The van der Waals surface area contributed by atoms with E-state index in [4.69, 9.17) is 4.74 Å². The molecule has 0 saturated carbocycles. The van der Waals surface area contributed by atoms with Crippen molar-refractivity contribution >= 4 is 11.4 Å². The van der Waals surface area contributed by atoms with Crippen LogP contribution in [0.25, 0.3) is 0 Å². The van der Waals surface area contributed by atoms with E-state index in [1.807, 2.05) is 30.3 Å². The van der Waals surface area contributed by atoms with Crippen LogP contribution in [-0.2, 0) is 6.54 Å². The van der Waals surface area contributed by atoms with Crippen molar-refractivity contribution < 1.29 is 14.8 Å². The van der Waals surface area contributed by atoms with Crippen molar-refractivity contribution in [3.8, 4) is 17.2 Å². The van der Waals surface area contributed by atoms with Gasteiger partial charge in [0.2, 0.25) is 0 Å². The van der Waals surface area contributed by atoms with Gasteiger partial charge >= 0.3 is 0 Å². The molecule has 6 nitrogen and oxygen atoms in total. The molecule has 3 aromatic carbocycles. The summed E-state index contributed by atoms with van der Waals surface area (Å²) in [5, 5.41) is 23.7. The molecule has 0 heterocycles. The molecule has 6 heteroatoms. The van der Waals surface area contributed by atoms with Crippen molar-refractivity contribution in [3.63, 3.8) is 0 Å². The zero-order valence-corrected chi connectivity index (χ0v) is 14.2. The van der Waals surface area contributed by atoms with Crippen LogP contribution in [0.4, 0.5) is 11.4 Å². The summed E-state index contributed by atoms with van der Waals surface area (Å²) in [6.45, 7) is 2.26. The van der Waals surface area contributed by atoms with E-state index in [0.717, 1.165) is 11.3 Å². The highest BCUT2D eigenvalue weighted by Crippen LogP contribution is 2.27. The number of hydrogen-bond acceptors (Lipinski definition) is 5. The van der Waals surface area contributed by atoms with Crippen molar-refractivity contribution in [2.75, 3.05) is 5.32 Å². The normalized spacial score (nSPS) is 10.3. The lowest BCUT2D eigenvalue weighted by molar-refractivity contribution is -0.385. The van der Waals surface area contributed by atoms with Gasteiger partial charge < -0.3 is 15.2 Å². The van der Waals surface area contributed by atoms with Crippen LogP contribution in [-0.4, -0.2) is 10.0 Å². The zero-order valence-electron chi connectivity index (χ0n) is 14.2. The van der Waals surface area contributed by atoms with E-state index in [1.165, 1.54) is 6.07 Å². The molecule has 0 fully saturated rings. The minimum atomic E-state index is -0.381. The summed E-state index contributed by atoms with van der Waals surface area (Å²) in [5.41, 5.74) is 2.46. The fourth-order valence-electron chi connectivity index (χ4n) is 2.57. The van der Waals surface area contributed by atoms with E-state index in [2.05, 4.69) is 5.32 Å². The van der Waals surface area contributed by atoms with Gasteiger partial charge in [0.25, 0.3) is 5.69 Å². The monoisotopic (exact) mass is 350 g/mol. The first-order valence-electron chi connectivity index (χ1n) is 8.06. The molecular weight excluding hydrogens is 332 g/mol. The molecule has 0 aliphatic heterocycles. The van der Waals surface area contributed by atoms with Crippen molar-refractivity contribution in [2.24, 2.45) is 0 Å².